The van der Waals surface area contributed by atoms with Gasteiger partial charge in [-0.3, -0.25) is 0 Å². The largest absolute Gasteiger partial charge is 0.465 e. The van der Waals surface area contributed by atoms with Crippen LogP contribution in [0.15, 0.2) is 78.9 Å². The molecule has 0 aliphatic carbocycles. The first-order chi connectivity index (χ1) is 13.2. The molecule has 0 bridgehead atoms. The number of para-hydroxylation sites is 2. The fourth-order valence-corrected chi connectivity index (χ4v) is 2.83. The van der Waals surface area contributed by atoms with E-state index < -0.39 is 11.9 Å². The fraction of sp³-hybridized carbons (Fsp3) is 0.0909. The number of hydrogen-bond acceptors (Lipinski definition) is 5. The molecule has 0 saturated carbocycles. The van der Waals surface area contributed by atoms with Gasteiger partial charge in [0.1, 0.15) is 0 Å². The summed E-state index contributed by atoms with van der Waals surface area (Å²) in [5, 5.41) is 0. The van der Waals surface area contributed by atoms with E-state index in [9.17, 15) is 9.59 Å². The standard InChI is InChI=1S/C22H19NO4/c1-26-21(24)16-13-14-19(22(25)27-2)20(15-16)23(17-9-5-3-6-10-17)18-11-7-4-8-12-18/h3-15H,1-2H3. The Morgan fingerprint density at radius 2 is 1.22 bits per heavy atom. The van der Waals surface area contributed by atoms with Crippen LogP contribution in [0, 0.1) is 0 Å². The molecule has 0 spiro atoms. The van der Waals surface area contributed by atoms with Gasteiger partial charge in [-0.25, -0.2) is 9.59 Å². The lowest BCUT2D eigenvalue weighted by atomic mass is 10.1. The van der Waals surface area contributed by atoms with Gasteiger partial charge in [0.15, 0.2) is 0 Å². The number of hydrogen-bond donors (Lipinski definition) is 0. The first-order valence-electron chi connectivity index (χ1n) is 8.36. The van der Waals surface area contributed by atoms with Crippen LogP contribution < -0.4 is 4.90 Å². The first-order valence-corrected chi connectivity index (χ1v) is 8.36. The van der Waals surface area contributed by atoms with E-state index in [1.807, 2.05) is 65.6 Å². The van der Waals surface area contributed by atoms with Crippen LogP contribution in [0.2, 0.25) is 0 Å². The molecular weight excluding hydrogens is 342 g/mol. The van der Waals surface area contributed by atoms with Crippen molar-refractivity contribution in [2.75, 3.05) is 19.1 Å². The molecule has 0 aromatic heterocycles. The van der Waals surface area contributed by atoms with Crippen LogP contribution >= 0.6 is 0 Å². The summed E-state index contributed by atoms with van der Waals surface area (Å²) in [6.07, 6.45) is 0. The molecule has 0 heterocycles. The number of carbonyl (C=O) groups excluding carboxylic acids is 2. The number of carbonyl (C=O) groups is 2. The molecule has 5 nitrogen and oxygen atoms in total. The molecule has 3 rings (SSSR count). The van der Waals surface area contributed by atoms with Gasteiger partial charge in [-0.1, -0.05) is 36.4 Å². The lowest BCUT2D eigenvalue weighted by molar-refractivity contribution is 0.0587. The van der Waals surface area contributed by atoms with E-state index in [1.54, 1.807) is 18.2 Å². The Hall–Kier alpha value is -3.60. The van der Waals surface area contributed by atoms with Crippen molar-refractivity contribution in [2.45, 2.75) is 0 Å². The number of rotatable bonds is 5. The summed E-state index contributed by atoms with van der Waals surface area (Å²) in [4.78, 5) is 26.3. The third-order valence-electron chi connectivity index (χ3n) is 4.09. The van der Waals surface area contributed by atoms with Crippen LogP contribution in [-0.2, 0) is 9.47 Å². The summed E-state index contributed by atoms with van der Waals surface area (Å²) >= 11 is 0. The van der Waals surface area contributed by atoms with Crippen molar-refractivity contribution in [2.24, 2.45) is 0 Å². The highest BCUT2D eigenvalue weighted by Crippen LogP contribution is 2.37. The van der Waals surface area contributed by atoms with Gasteiger partial charge in [0, 0.05) is 11.4 Å². The monoisotopic (exact) mass is 361 g/mol. The van der Waals surface area contributed by atoms with Crippen molar-refractivity contribution in [3.8, 4) is 0 Å². The van der Waals surface area contributed by atoms with E-state index in [0.29, 0.717) is 16.8 Å². The van der Waals surface area contributed by atoms with Crippen molar-refractivity contribution in [3.05, 3.63) is 90.0 Å². The van der Waals surface area contributed by atoms with Crippen molar-refractivity contribution >= 4 is 29.0 Å². The molecule has 0 atom stereocenters. The molecule has 3 aromatic carbocycles. The predicted octanol–water partition coefficient (Wildman–Crippen LogP) is 4.73. The van der Waals surface area contributed by atoms with Crippen LogP contribution in [0.25, 0.3) is 0 Å². The predicted molar refractivity (Wildman–Crippen MR) is 104 cm³/mol. The van der Waals surface area contributed by atoms with E-state index in [2.05, 4.69) is 0 Å². The maximum absolute atomic E-state index is 12.4. The average Bonchev–Trinajstić information content (AvgIpc) is 2.74. The summed E-state index contributed by atoms with van der Waals surface area (Å²) in [7, 11) is 2.65. The summed E-state index contributed by atoms with van der Waals surface area (Å²) in [5.41, 5.74) is 2.91. The first kappa shape index (κ1) is 18.2. The van der Waals surface area contributed by atoms with E-state index in [1.165, 1.54) is 14.2 Å². The summed E-state index contributed by atoms with van der Waals surface area (Å²) in [6, 6.07) is 24.0. The highest BCUT2D eigenvalue weighted by molar-refractivity contribution is 6.01. The number of ether oxygens (including phenoxy) is 2. The van der Waals surface area contributed by atoms with Crippen molar-refractivity contribution < 1.29 is 19.1 Å². The minimum atomic E-state index is -0.488. The molecule has 0 saturated heterocycles. The van der Waals surface area contributed by atoms with Crippen LogP contribution in [0.3, 0.4) is 0 Å². The van der Waals surface area contributed by atoms with E-state index >= 15 is 0 Å². The third kappa shape index (κ3) is 3.82. The van der Waals surface area contributed by atoms with Crippen LogP contribution in [0.5, 0.6) is 0 Å². The molecule has 27 heavy (non-hydrogen) atoms. The summed E-state index contributed by atoms with van der Waals surface area (Å²) < 4.78 is 9.78. The molecule has 0 aliphatic heterocycles. The summed E-state index contributed by atoms with van der Waals surface area (Å²) in [5.74, 6) is -0.966. The quantitative estimate of drug-likeness (QED) is 0.615. The number of esters is 2. The topological polar surface area (TPSA) is 55.8 Å². The zero-order valence-corrected chi connectivity index (χ0v) is 15.1. The Balaban J connectivity index is 2.27. The second-order valence-corrected chi connectivity index (χ2v) is 5.72. The van der Waals surface area contributed by atoms with E-state index in [4.69, 9.17) is 9.47 Å². The molecule has 0 amide bonds. The van der Waals surface area contributed by atoms with Gasteiger partial charge in [0.2, 0.25) is 0 Å². The second kappa shape index (κ2) is 8.19. The molecular formula is C22H19NO4. The molecule has 0 aliphatic rings. The van der Waals surface area contributed by atoms with Gasteiger partial charge < -0.3 is 14.4 Å². The van der Waals surface area contributed by atoms with E-state index in [0.717, 1.165) is 11.4 Å². The maximum Gasteiger partial charge on any atom is 0.339 e. The lowest BCUT2D eigenvalue weighted by Gasteiger charge is -2.27. The van der Waals surface area contributed by atoms with Gasteiger partial charge in [-0.05, 0) is 42.5 Å². The number of nitrogens with zero attached hydrogens (tertiary/aromatic N) is 1. The van der Waals surface area contributed by atoms with Crippen LogP contribution in [0.4, 0.5) is 17.1 Å². The van der Waals surface area contributed by atoms with Crippen molar-refractivity contribution in [3.63, 3.8) is 0 Å². The normalized spacial score (nSPS) is 10.1. The van der Waals surface area contributed by atoms with Crippen LogP contribution in [0.1, 0.15) is 20.7 Å². The zero-order valence-electron chi connectivity index (χ0n) is 15.1. The molecule has 5 heteroatoms. The van der Waals surface area contributed by atoms with Gasteiger partial charge in [0.25, 0.3) is 0 Å². The second-order valence-electron chi connectivity index (χ2n) is 5.72. The lowest BCUT2D eigenvalue weighted by Crippen LogP contribution is -2.16. The molecule has 0 unspecified atom stereocenters. The molecule has 136 valence electrons. The number of methoxy groups -OCH3 is 2. The van der Waals surface area contributed by atoms with Gasteiger partial charge in [0.05, 0.1) is 31.0 Å². The van der Waals surface area contributed by atoms with Crippen molar-refractivity contribution in [1.82, 2.24) is 0 Å². The van der Waals surface area contributed by atoms with Gasteiger partial charge >= 0.3 is 11.9 Å². The third-order valence-corrected chi connectivity index (χ3v) is 4.09. The molecule has 3 aromatic rings. The Morgan fingerprint density at radius 1 is 0.704 bits per heavy atom. The number of anilines is 3. The minimum Gasteiger partial charge on any atom is -0.465 e. The Bertz CT molecular complexity index is 900. The Labute approximate surface area is 157 Å². The minimum absolute atomic E-state index is 0.344. The van der Waals surface area contributed by atoms with Gasteiger partial charge in [-0.15, -0.1) is 0 Å². The maximum atomic E-state index is 12.4. The SMILES string of the molecule is COC(=O)c1ccc(C(=O)OC)c(N(c2ccccc2)c2ccccc2)c1. The fourth-order valence-electron chi connectivity index (χ4n) is 2.83. The highest BCUT2D eigenvalue weighted by atomic mass is 16.5. The van der Waals surface area contributed by atoms with Gasteiger partial charge in [-0.2, -0.15) is 0 Å². The molecule has 0 N–H and O–H groups in total. The average molecular weight is 361 g/mol. The van der Waals surface area contributed by atoms with Crippen LogP contribution in [-0.4, -0.2) is 26.2 Å². The van der Waals surface area contributed by atoms with Crippen molar-refractivity contribution in [1.29, 1.82) is 0 Å². The Morgan fingerprint density at radius 3 is 1.70 bits per heavy atom. The summed E-state index contributed by atoms with van der Waals surface area (Å²) in [6.45, 7) is 0. The Kier molecular flexibility index (Phi) is 5.52. The number of benzene rings is 3. The molecule has 0 fully saturated rings. The smallest absolute Gasteiger partial charge is 0.339 e. The van der Waals surface area contributed by atoms with E-state index in [-0.39, 0.29) is 0 Å². The molecule has 0 radical (unpaired) electrons. The highest BCUT2D eigenvalue weighted by Gasteiger charge is 2.22. The zero-order chi connectivity index (χ0) is 19.2.